The van der Waals surface area contributed by atoms with Crippen molar-refractivity contribution < 1.29 is 9.59 Å². The monoisotopic (exact) mass is 250 g/mol. The van der Waals surface area contributed by atoms with Crippen LogP contribution in [0.3, 0.4) is 0 Å². The summed E-state index contributed by atoms with van der Waals surface area (Å²) in [5.41, 5.74) is 12.2. The third-order valence-electron chi connectivity index (χ3n) is 2.45. The number of anilines is 2. The van der Waals surface area contributed by atoms with Crippen LogP contribution in [0.2, 0.25) is 0 Å². The quantitative estimate of drug-likeness (QED) is 0.637. The molecule has 18 heavy (non-hydrogen) atoms. The number of nitrogens with one attached hydrogen (secondary N) is 1. The Kier molecular flexibility index (Phi) is 4.53. The molecule has 6 heteroatoms. The first-order valence-corrected chi connectivity index (χ1v) is 5.62. The Morgan fingerprint density at radius 2 is 2.06 bits per heavy atom. The number of likely N-dealkylation sites (N-methyl/N-ethyl adjacent to an activating group) is 2. The van der Waals surface area contributed by atoms with Gasteiger partial charge < -0.3 is 21.7 Å². The van der Waals surface area contributed by atoms with Gasteiger partial charge in [-0.1, -0.05) is 0 Å². The maximum Gasteiger partial charge on any atom is 0.250 e. The minimum Gasteiger partial charge on any atom is -0.399 e. The van der Waals surface area contributed by atoms with Crippen molar-refractivity contribution in [1.29, 1.82) is 0 Å². The van der Waals surface area contributed by atoms with Crippen molar-refractivity contribution in [2.24, 2.45) is 5.73 Å². The average Bonchev–Trinajstić information content (AvgIpc) is 2.28. The molecule has 0 spiro atoms. The lowest BCUT2D eigenvalue weighted by atomic mass is 10.1. The van der Waals surface area contributed by atoms with Crippen molar-refractivity contribution in [3.05, 3.63) is 23.8 Å². The molecule has 0 atom stereocenters. The number of nitrogens with two attached hydrogens (primary N) is 2. The molecule has 0 unspecified atom stereocenters. The predicted octanol–water partition coefficient (Wildman–Crippen LogP) is -0.0600. The predicted molar refractivity (Wildman–Crippen MR) is 71.3 cm³/mol. The molecule has 0 saturated carbocycles. The van der Waals surface area contributed by atoms with Crippen LogP contribution < -0.4 is 21.7 Å². The Balaban J connectivity index is 2.94. The van der Waals surface area contributed by atoms with Gasteiger partial charge in [-0.2, -0.15) is 0 Å². The number of amides is 2. The first-order chi connectivity index (χ1) is 8.45. The highest BCUT2D eigenvalue weighted by atomic mass is 16.2. The maximum absolute atomic E-state index is 11.5. The summed E-state index contributed by atoms with van der Waals surface area (Å²) in [5.74, 6) is -0.688. The molecule has 0 saturated heterocycles. The second kappa shape index (κ2) is 5.90. The van der Waals surface area contributed by atoms with Crippen molar-refractivity contribution >= 4 is 23.2 Å². The topological polar surface area (TPSA) is 101 Å². The number of nitrogens with zero attached hydrogens (tertiary/aromatic N) is 1. The van der Waals surface area contributed by atoms with Crippen LogP contribution >= 0.6 is 0 Å². The molecule has 0 heterocycles. The van der Waals surface area contributed by atoms with E-state index < -0.39 is 5.91 Å². The van der Waals surface area contributed by atoms with Gasteiger partial charge in [-0.05, 0) is 25.1 Å². The highest BCUT2D eigenvalue weighted by Crippen LogP contribution is 2.21. The summed E-state index contributed by atoms with van der Waals surface area (Å²) < 4.78 is 0. The van der Waals surface area contributed by atoms with Crippen molar-refractivity contribution in [2.45, 2.75) is 6.92 Å². The molecule has 0 radical (unpaired) electrons. The molecule has 0 aliphatic rings. The smallest absolute Gasteiger partial charge is 0.250 e. The van der Waals surface area contributed by atoms with Crippen molar-refractivity contribution in [2.75, 3.05) is 30.8 Å². The minimum absolute atomic E-state index is 0.118. The van der Waals surface area contributed by atoms with E-state index >= 15 is 0 Å². The van der Waals surface area contributed by atoms with Gasteiger partial charge in [0.25, 0.3) is 5.91 Å². The van der Waals surface area contributed by atoms with Gasteiger partial charge in [0.1, 0.15) is 0 Å². The number of rotatable bonds is 5. The van der Waals surface area contributed by atoms with Crippen molar-refractivity contribution in [3.8, 4) is 0 Å². The first kappa shape index (κ1) is 13.8. The Labute approximate surface area is 106 Å². The average molecular weight is 250 g/mol. The van der Waals surface area contributed by atoms with Crippen LogP contribution in [0.4, 0.5) is 11.4 Å². The van der Waals surface area contributed by atoms with Crippen LogP contribution in [0.1, 0.15) is 17.3 Å². The van der Waals surface area contributed by atoms with Crippen molar-refractivity contribution in [1.82, 2.24) is 5.32 Å². The number of hydrogen-bond acceptors (Lipinski definition) is 4. The zero-order chi connectivity index (χ0) is 13.7. The van der Waals surface area contributed by atoms with E-state index in [2.05, 4.69) is 5.32 Å². The zero-order valence-electron chi connectivity index (χ0n) is 10.6. The van der Waals surface area contributed by atoms with E-state index in [1.165, 1.54) is 6.07 Å². The van der Waals surface area contributed by atoms with E-state index in [1.807, 2.05) is 6.92 Å². The highest BCUT2D eigenvalue weighted by Gasteiger charge is 2.14. The molecule has 6 nitrogen and oxygen atoms in total. The first-order valence-electron chi connectivity index (χ1n) is 5.62. The minimum atomic E-state index is -0.569. The Morgan fingerprint density at radius 1 is 1.39 bits per heavy atom. The number of primary amides is 1. The molecule has 0 bridgehead atoms. The van der Waals surface area contributed by atoms with Gasteiger partial charge in [0, 0.05) is 25.0 Å². The van der Waals surface area contributed by atoms with Crippen LogP contribution in [0.25, 0.3) is 0 Å². The van der Waals surface area contributed by atoms with E-state index in [1.54, 1.807) is 24.1 Å². The molecule has 1 rings (SSSR count). The van der Waals surface area contributed by atoms with Crippen LogP contribution in [0.15, 0.2) is 18.2 Å². The molecular weight excluding hydrogens is 232 g/mol. The molecular formula is C12H18N4O2. The number of hydrogen-bond donors (Lipinski definition) is 3. The lowest BCUT2D eigenvalue weighted by molar-refractivity contribution is -0.119. The second-order valence-electron chi connectivity index (χ2n) is 3.95. The normalized spacial score (nSPS) is 9.89. The maximum atomic E-state index is 11.5. The summed E-state index contributed by atoms with van der Waals surface area (Å²) in [7, 11) is 1.72. The Bertz CT molecular complexity index is 459. The zero-order valence-corrected chi connectivity index (χ0v) is 10.6. The summed E-state index contributed by atoms with van der Waals surface area (Å²) in [6, 6.07) is 4.84. The van der Waals surface area contributed by atoms with Gasteiger partial charge in [-0.15, -0.1) is 0 Å². The molecule has 1 aromatic rings. The van der Waals surface area contributed by atoms with E-state index in [-0.39, 0.29) is 12.5 Å². The Hall–Kier alpha value is -2.24. The van der Waals surface area contributed by atoms with Gasteiger partial charge in [0.15, 0.2) is 0 Å². The summed E-state index contributed by atoms with van der Waals surface area (Å²) in [4.78, 5) is 24.5. The highest BCUT2D eigenvalue weighted by molar-refractivity contribution is 6.00. The summed E-state index contributed by atoms with van der Waals surface area (Å²) in [6.45, 7) is 2.56. The molecule has 0 fully saturated rings. The van der Waals surface area contributed by atoms with Gasteiger partial charge >= 0.3 is 0 Å². The van der Waals surface area contributed by atoms with Crippen LogP contribution in [0.5, 0.6) is 0 Å². The van der Waals surface area contributed by atoms with E-state index in [9.17, 15) is 9.59 Å². The number of nitrogen functional groups attached to an aromatic ring is 1. The summed E-state index contributed by atoms with van der Waals surface area (Å²) >= 11 is 0. The molecule has 98 valence electrons. The fourth-order valence-electron chi connectivity index (χ4n) is 1.64. The van der Waals surface area contributed by atoms with Crippen LogP contribution in [-0.2, 0) is 4.79 Å². The summed E-state index contributed by atoms with van der Waals surface area (Å²) in [6.07, 6.45) is 0. The third kappa shape index (κ3) is 3.38. The van der Waals surface area contributed by atoms with Crippen LogP contribution in [-0.4, -0.2) is 32.0 Å². The lowest BCUT2D eigenvalue weighted by Crippen LogP contribution is -2.35. The lowest BCUT2D eigenvalue weighted by Gasteiger charge is -2.21. The Morgan fingerprint density at radius 3 is 2.61 bits per heavy atom. The molecule has 0 aliphatic carbocycles. The molecule has 1 aromatic carbocycles. The van der Waals surface area contributed by atoms with Gasteiger partial charge in [-0.25, -0.2) is 0 Å². The third-order valence-corrected chi connectivity index (χ3v) is 2.45. The van der Waals surface area contributed by atoms with E-state index in [0.29, 0.717) is 23.5 Å². The molecule has 5 N–H and O–H groups in total. The van der Waals surface area contributed by atoms with Crippen LogP contribution in [0, 0.1) is 0 Å². The van der Waals surface area contributed by atoms with Gasteiger partial charge in [-0.3, -0.25) is 9.59 Å². The molecule has 2 amide bonds. The number of carbonyl (C=O) groups excluding carboxylic acids is 2. The summed E-state index contributed by atoms with van der Waals surface area (Å²) in [5, 5.41) is 2.68. The molecule has 0 aromatic heterocycles. The SMILES string of the molecule is CCNC(=O)CN(C)c1ccc(N)cc1C(N)=O. The van der Waals surface area contributed by atoms with E-state index in [4.69, 9.17) is 11.5 Å². The van der Waals surface area contributed by atoms with E-state index in [0.717, 1.165) is 0 Å². The largest absolute Gasteiger partial charge is 0.399 e. The number of benzene rings is 1. The van der Waals surface area contributed by atoms with Gasteiger partial charge in [0.2, 0.25) is 5.91 Å². The number of carbonyl (C=O) groups is 2. The second-order valence-corrected chi connectivity index (χ2v) is 3.95. The van der Waals surface area contributed by atoms with Crippen molar-refractivity contribution in [3.63, 3.8) is 0 Å². The fourth-order valence-corrected chi connectivity index (χ4v) is 1.64. The fraction of sp³-hybridized carbons (Fsp3) is 0.333. The standard InChI is InChI=1S/C12H18N4O2/c1-3-15-11(17)7-16(2)10-5-4-8(13)6-9(10)12(14)18/h4-6H,3,7,13H2,1-2H3,(H2,14,18)(H,15,17). The van der Waals surface area contributed by atoms with Gasteiger partial charge in [0.05, 0.1) is 12.1 Å². The molecule has 0 aliphatic heterocycles.